The number of pyridine rings is 3. The van der Waals surface area contributed by atoms with E-state index in [9.17, 15) is 4.39 Å². The van der Waals surface area contributed by atoms with Crippen LogP contribution in [-0.4, -0.2) is 59.7 Å². The fourth-order valence-electron chi connectivity index (χ4n) is 5.33. The van der Waals surface area contributed by atoms with E-state index in [0.717, 1.165) is 38.9 Å². The van der Waals surface area contributed by atoms with Gasteiger partial charge in [-0.1, -0.05) is 13.0 Å². The number of rotatable bonds is 5. The van der Waals surface area contributed by atoms with Gasteiger partial charge in [0.15, 0.2) is 11.5 Å². The highest BCUT2D eigenvalue weighted by Crippen LogP contribution is 2.32. The van der Waals surface area contributed by atoms with E-state index in [1.165, 1.54) is 51.0 Å². The first-order valence-electron chi connectivity index (χ1n) is 13.9. The molecule has 0 bridgehead atoms. The molecule has 0 amide bonds. The quantitative estimate of drug-likeness (QED) is 0.236. The molecule has 1 saturated heterocycles. The average molecular weight is 550 g/mol. The zero-order valence-corrected chi connectivity index (χ0v) is 23.2. The van der Waals surface area contributed by atoms with E-state index in [0.29, 0.717) is 28.4 Å². The third-order valence-corrected chi connectivity index (χ3v) is 7.21. The van der Waals surface area contributed by atoms with Gasteiger partial charge < -0.3 is 15.6 Å². The summed E-state index contributed by atoms with van der Waals surface area (Å²) in [6.07, 6.45) is 10.9. The summed E-state index contributed by atoms with van der Waals surface area (Å²) in [5.74, 6) is 0.260. The SMILES string of the molecule is CCCN1CCCC1.Cc1cc(F)cc(-c2ccnc3nc(-c4n[nH]c5cnc(-c6cncc(N)c6)cc45)[nH]c23)c1. The van der Waals surface area contributed by atoms with E-state index >= 15 is 0 Å². The highest BCUT2D eigenvalue weighted by Gasteiger charge is 2.17. The fraction of sp³-hybridized carbons (Fsp3) is 0.258. The van der Waals surface area contributed by atoms with Gasteiger partial charge in [0, 0.05) is 35.1 Å². The highest BCUT2D eigenvalue weighted by molar-refractivity contribution is 5.96. The van der Waals surface area contributed by atoms with Crippen LogP contribution in [0.5, 0.6) is 0 Å². The number of nitrogens with two attached hydrogens (primary N) is 1. The number of hydrogen-bond donors (Lipinski definition) is 3. The van der Waals surface area contributed by atoms with Gasteiger partial charge in [-0.2, -0.15) is 5.10 Å². The van der Waals surface area contributed by atoms with Gasteiger partial charge >= 0.3 is 0 Å². The molecule has 1 aromatic carbocycles. The molecule has 0 aliphatic carbocycles. The van der Waals surface area contributed by atoms with Crippen molar-refractivity contribution in [1.82, 2.24) is 40.0 Å². The van der Waals surface area contributed by atoms with Gasteiger partial charge in [0.2, 0.25) is 0 Å². The molecule has 5 aromatic heterocycles. The van der Waals surface area contributed by atoms with Crippen LogP contribution in [0.25, 0.3) is 56.0 Å². The molecule has 0 atom stereocenters. The lowest BCUT2D eigenvalue weighted by Gasteiger charge is -2.11. The Labute approximate surface area is 237 Å². The van der Waals surface area contributed by atoms with Crippen LogP contribution < -0.4 is 5.73 Å². The Morgan fingerprint density at radius 2 is 1.85 bits per heavy atom. The number of nitrogens with one attached hydrogen (secondary N) is 2. The van der Waals surface area contributed by atoms with Crippen molar-refractivity contribution in [3.8, 4) is 33.9 Å². The van der Waals surface area contributed by atoms with Crippen LogP contribution in [0.4, 0.5) is 10.1 Å². The number of aromatic amines is 2. The summed E-state index contributed by atoms with van der Waals surface area (Å²) in [7, 11) is 0. The van der Waals surface area contributed by atoms with Gasteiger partial charge in [0.1, 0.15) is 11.5 Å². The predicted octanol–water partition coefficient (Wildman–Crippen LogP) is 6.15. The normalized spacial score (nSPS) is 13.5. The number of aromatic nitrogens is 7. The van der Waals surface area contributed by atoms with Crippen molar-refractivity contribution in [2.75, 3.05) is 25.4 Å². The Kier molecular flexibility index (Phi) is 7.39. The van der Waals surface area contributed by atoms with E-state index in [1.54, 1.807) is 24.8 Å². The van der Waals surface area contributed by atoms with Crippen LogP contribution >= 0.6 is 0 Å². The van der Waals surface area contributed by atoms with Crippen molar-refractivity contribution >= 4 is 27.8 Å². The molecule has 0 spiro atoms. The third kappa shape index (κ3) is 5.64. The van der Waals surface area contributed by atoms with Crippen LogP contribution in [0.1, 0.15) is 31.7 Å². The Balaban J connectivity index is 0.000000328. The molecule has 4 N–H and O–H groups in total. The third-order valence-electron chi connectivity index (χ3n) is 7.21. The van der Waals surface area contributed by atoms with Gasteiger partial charge in [-0.25, -0.2) is 14.4 Å². The molecule has 1 aliphatic heterocycles. The molecule has 10 heteroatoms. The zero-order valence-electron chi connectivity index (χ0n) is 23.2. The van der Waals surface area contributed by atoms with Crippen LogP contribution in [0.2, 0.25) is 0 Å². The van der Waals surface area contributed by atoms with Crippen molar-refractivity contribution in [3.05, 3.63) is 72.6 Å². The number of halogens is 1. The van der Waals surface area contributed by atoms with E-state index in [2.05, 4.69) is 46.9 Å². The minimum Gasteiger partial charge on any atom is -0.397 e. The molecule has 0 saturated carbocycles. The van der Waals surface area contributed by atoms with Gasteiger partial charge in [0.05, 0.1) is 28.6 Å². The van der Waals surface area contributed by atoms with Crippen molar-refractivity contribution in [3.63, 3.8) is 0 Å². The smallest absolute Gasteiger partial charge is 0.178 e. The molecule has 0 radical (unpaired) electrons. The highest BCUT2D eigenvalue weighted by atomic mass is 19.1. The summed E-state index contributed by atoms with van der Waals surface area (Å²) < 4.78 is 14.0. The molecule has 7 rings (SSSR count). The van der Waals surface area contributed by atoms with Crippen molar-refractivity contribution in [2.45, 2.75) is 33.1 Å². The number of hydrogen-bond acceptors (Lipinski definition) is 7. The maximum Gasteiger partial charge on any atom is 0.178 e. The second-order valence-electron chi connectivity index (χ2n) is 10.4. The Hall–Kier alpha value is -4.70. The molecule has 208 valence electrons. The Morgan fingerprint density at radius 1 is 1.00 bits per heavy atom. The number of fused-ring (bicyclic) bond motifs is 2. The van der Waals surface area contributed by atoms with Gasteiger partial charge in [-0.3, -0.25) is 15.1 Å². The number of likely N-dealkylation sites (tertiary alicyclic amines) is 1. The first-order valence-corrected chi connectivity index (χ1v) is 13.9. The maximum absolute atomic E-state index is 14.0. The summed E-state index contributed by atoms with van der Waals surface area (Å²) in [5.41, 5.74) is 13.0. The molecular formula is C31H32FN9. The minimum absolute atomic E-state index is 0.288. The number of nitrogens with zero attached hydrogens (tertiary/aromatic N) is 6. The standard InChI is InChI=1S/C24H17FN8.C7H15N/c1-12-4-13(6-15(25)5-12)17-2-3-28-23-21(17)30-24(31-23)22-18-8-19(29-11-20(18)32-33-22)14-7-16(26)10-27-9-14;1-2-5-8-6-3-4-7-8/h2-11H,26H2,1H3,(H,32,33)(H,28,30,31);2-7H2,1H3. The van der Waals surface area contributed by atoms with Crippen LogP contribution in [0.15, 0.2) is 61.2 Å². The van der Waals surface area contributed by atoms with Gasteiger partial charge in [0.25, 0.3) is 0 Å². The summed E-state index contributed by atoms with van der Waals surface area (Å²) in [5, 5.41) is 8.29. The van der Waals surface area contributed by atoms with E-state index < -0.39 is 0 Å². The number of imidazole rings is 1. The first-order chi connectivity index (χ1) is 20.0. The molecule has 0 unspecified atom stereocenters. The van der Waals surface area contributed by atoms with Crippen molar-refractivity contribution < 1.29 is 4.39 Å². The molecule has 6 heterocycles. The van der Waals surface area contributed by atoms with E-state index in [4.69, 9.17) is 5.73 Å². The molecular weight excluding hydrogens is 517 g/mol. The van der Waals surface area contributed by atoms with Gasteiger partial charge in [-0.05, 0) is 87.3 Å². The van der Waals surface area contributed by atoms with Crippen LogP contribution in [0, 0.1) is 12.7 Å². The lowest BCUT2D eigenvalue weighted by atomic mass is 10.0. The largest absolute Gasteiger partial charge is 0.397 e. The average Bonchev–Trinajstić information content (AvgIpc) is 3.72. The number of nitrogen functional groups attached to an aromatic ring is 1. The predicted molar refractivity (Wildman–Crippen MR) is 161 cm³/mol. The number of H-pyrrole nitrogens is 2. The van der Waals surface area contributed by atoms with E-state index in [-0.39, 0.29) is 5.82 Å². The zero-order chi connectivity index (χ0) is 28.3. The maximum atomic E-state index is 14.0. The summed E-state index contributed by atoms with van der Waals surface area (Å²) >= 11 is 0. The number of aryl methyl sites for hydroxylation is 1. The van der Waals surface area contributed by atoms with Crippen molar-refractivity contribution in [1.29, 1.82) is 0 Å². The summed E-state index contributed by atoms with van der Waals surface area (Å²) in [6.45, 7) is 8.14. The number of anilines is 1. The van der Waals surface area contributed by atoms with Crippen LogP contribution in [-0.2, 0) is 0 Å². The summed E-state index contributed by atoms with van der Waals surface area (Å²) in [4.78, 5) is 23.6. The topological polar surface area (TPSA) is 125 Å². The molecule has 41 heavy (non-hydrogen) atoms. The Bertz CT molecular complexity index is 1800. The molecule has 1 aliphatic rings. The first kappa shape index (κ1) is 26.5. The van der Waals surface area contributed by atoms with Crippen molar-refractivity contribution in [2.24, 2.45) is 0 Å². The number of benzene rings is 1. The lowest BCUT2D eigenvalue weighted by Crippen LogP contribution is -2.19. The van der Waals surface area contributed by atoms with Gasteiger partial charge in [-0.15, -0.1) is 0 Å². The monoisotopic (exact) mass is 549 g/mol. The molecule has 1 fully saturated rings. The van der Waals surface area contributed by atoms with Crippen LogP contribution in [0.3, 0.4) is 0 Å². The second-order valence-corrected chi connectivity index (χ2v) is 10.4. The second kappa shape index (κ2) is 11.4. The minimum atomic E-state index is -0.288. The van der Waals surface area contributed by atoms with E-state index in [1.807, 2.05) is 31.2 Å². The fourth-order valence-corrected chi connectivity index (χ4v) is 5.33. The molecule has 6 aromatic rings. The summed E-state index contributed by atoms with van der Waals surface area (Å²) in [6, 6.07) is 10.5. The lowest BCUT2D eigenvalue weighted by molar-refractivity contribution is 0.339. The molecule has 9 nitrogen and oxygen atoms in total. The Morgan fingerprint density at radius 3 is 2.63 bits per heavy atom.